The van der Waals surface area contributed by atoms with E-state index in [1.165, 1.54) is 6.07 Å². The molecule has 0 fully saturated rings. The number of anilines is 1. The van der Waals surface area contributed by atoms with Gasteiger partial charge in [0.15, 0.2) is 11.6 Å². The van der Waals surface area contributed by atoms with E-state index in [4.69, 9.17) is 10.5 Å². The van der Waals surface area contributed by atoms with Crippen molar-refractivity contribution in [2.75, 3.05) is 12.3 Å². The molecule has 4 nitrogen and oxygen atoms in total. The van der Waals surface area contributed by atoms with Crippen LogP contribution in [0.15, 0.2) is 24.5 Å². The minimum absolute atomic E-state index is 0.0391. The number of nitrogens with zero attached hydrogens (tertiary/aromatic N) is 2. The Morgan fingerprint density at radius 1 is 1.35 bits per heavy atom. The van der Waals surface area contributed by atoms with Crippen molar-refractivity contribution in [1.82, 2.24) is 9.78 Å². The number of hydrogen-bond donors (Lipinski definition) is 1. The number of benzene rings is 1. The number of rotatable bonds is 3. The van der Waals surface area contributed by atoms with E-state index in [0.717, 1.165) is 16.9 Å². The Morgan fingerprint density at radius 3 is 2.60 bits per heavy atom. The van der Waals surface area contributed by atoms with Gasteiger partial charge in [-0.15, -0.1) is 0 Å². The summed E-state index contributed by atoms with van der Waals surface area (Å²) in [5, 5.41) is 3.58. The first-order valence-corrected chi connectivity index (χ1v) is 5.67. The second-order valence-electron chi connectivity index (χ2n) is 3.95. The van der Waals surface area contributed by atoms with Gasteiger partial charge in [0.25, 0.3) is 0 Å². The highest BCUT2D eigenvalue weighted by atomic mass is 19.4. The molecule has 0 bridgehead atoms. The molecule has 1 heterocycles. The monoisotopic (exact) mass is 289 g/mol. The fraction of sp³-hybridized carbons (Fsp3) is 0.250. The van der Waals surface area contributed by atoms with Crippen LogP contribution in [0.3, 0.4) is 0 Å². The first-order valence-electron chi connectivity index (χ1n) is 5.67. The lowest BCUT2D eigenvalue weighted by atomic mass is 10.2. The highest BCUT2D eigenvalue weighted by molar-refractivity contribution is 5.60. The molecule has 0 spiro atoms. The maximum Gasteiger partial charge on any atom is 0.419 e. The maximum absolute atomic E-state index is 13.5. The molecule has 0 amide bonds. The molecule has 0 aliphatic rings. The maximum atomic E-state index is 13.5. The summed E-state index contributed by atoms with van der Waals surface area (Å²) in [6, 6.07) is 2.19. The Balaban J connectivity index is 2.47. The number of nitrogen functional groups attached to an aromatic ring is 1. The van der Waals surface area contributed by atoms with Crippen LogP contribution in [0.2, 0.25) is 0 Å². The van der Waals surface area contributed by atoms with Gasteiger partial charge in [0.2, 0.25) is 0 Å². The molecule has 0 unspecified atom stereocenters. The fourth-order valence-electron chi connectivity index (χ4n) is 1.62. The fourth-order valence-corrected chi connectivity index (χ4v) is 1.62. The predicted octanol–water partition coefficient (Wildman–Crippen LogP) is 3.01. The first-order chi connectivity index (χ1) is 9.32. The van der Waals surface area contributed by atoms with Gasteiger partial charge in [-0.1, -0.05) is 0 Å². The van der Waals surface area contributed by atoms with Crippen molar-refractivity contribution < 1.29 is 22.3 Å². The van der Waals surface area contributed by atoms with Gasteiger partial charge in [-0.25, -0.2) is 9.07 Å². The van der Waals surface area contributed by atoms with Gasteiger partial charge in [0, 0.05) is 18.3 Å². The molecular weight excluding hydrogens is 278 g/mol. The summed E-state index contributed by atoms with van der Waals surface area (Å²) in [4.78, 5) is 0. The average Bonchev–Trinajstić information content (AvgIpc) is 2.81. The number of halogens is 4. The van der Waals surface area contributed by atoms with Gasteiger partial charge in [-0.05, 0) is 6.92 Å². The molecule has 2 rings (SSSR count). The number of alkyl halides is 3. The van der Waals surface area contributed by atoms with Crippen LogP contribution in [0.4, 0.5) is 23.2 Å². The Labute approximate surface area is 111 Å². The van der Waals surface area contributed by atoms with E-state index < -0.39 is 17.6 Å². The van der Waals surface area contributed by atoms with Crippen molar-refractivity contribution in [3.8, 4) is 11.4 Å². The molecule has 20 heavy (non-hydrogen) atoms. The van der Waals surface area contributed by atoms with Gasteiger partial charge in [-0.2, -0.15) is 18.3 Å². The zero-order chi connectivity index (χ0) is 14.9. The largest absolute Gasteiger partial charge is 0.491 e. The molecule has 8 heteroatoms. The molecular formula is C12H11F4N3O. The number of ether oxygens (including phenoxy) is 1. The van der Waals surface area contributed by atoms with Crippen molar-refractivity contribution in [3.05, 3.63) is 35.9 Å². The summed E-state index contributed by atoms with van der Waals surface area (Å²) in [7, 11) is 0. The molecule has 0 saturated carbocycles. The van der Waals surface area contributed by atoms with Crippen molar-refractivity contribution >= 4 is 5.69 Å². The molecule has 1 aromatic carbocycles. The number of hydrogen-bond acceptors (Lipinski definition) is 3. The quantitative estimate of drug-likeness (QED) is 0.698. The average molecular weight is 289 g/mol. The molecule has 0 aliphatic carbocycles. The van der Waals surface area contributed by atoms with E-state index in [0.29, 0.717) is 6.20 Å². The Kier molecular flexibility index (Phi) is 3.56. The lowest BCUT2D eigenvalue weighted by Gasteiger charge is -2.10. The minimum atomic E-state index is -4.50. The summed E-state index contributed by atoms with van der Waals surface area (Å²) in [6.45, 7) is 1.87. The third-order valence-electron chi connectivity index (χ3n) is 2.54. The van der Waals surface area contributed by atoms with Crippen molar-refractivity contribution in [1.29, 1.82) is 0 Å². The molecule has 0 saturated heterocycles. The molecule has 0 radical (unpaired) electrons. The first kappa shape index (κ1) is 14.2. The van der Waals surface area contributed by atoms with Gasteiger partial charge >= 0.3 is 6.18 Å². The van der Waals surface area contributed by atoms with E-state index in [1.54, 1.807) is 6.92 Å². The van der Waals surface area contributed by atoms with Crippen LogP contribution in [0.5, 0.6) is 5.75 Å². The lowest BCUT2D eigenvalue weighted by Crippen LogP contribution is -2.05. The van der Waals surface area contributed by atoms with Crippen LogP contribution >= 0.6 is 0 Å². The van der Waals surface area contributed by atoms with Gasteiger partial charge < -0.3 is 10.5 Å². The van der Waals surface area contributed by atoms with E-state index in [-0.39, 0.29) is 23.7 Å². The van der Waals surface area contributed by atoms with E-state index in [9.17, 15) is 17.6 Å². The summed E-state index contributed by atoms with van der Waals surface area (Å²) in [5.74, 6) is -0.781. The molecule has 1 aromatic heterocycles. The predicted molar refractivity (Wildman–Crippen MR) is 64.1 cm³/mol. The Bertz CT molecular complexity index is 622. The van der Waals surface area contributed by atoms with E-state index in [2.05, 4.69) is 5.10 Å². The van der Waals surface area contributed by atoms with Crippen molar-refractivity contribution in [2.24, 2.45) is 0 Å². The smallest absolute Gasteiger partial charge is 0.419 e. The zero-order valence-electron chi connectivity index (χ0n) is 10.4. The number of aromatic nitrogens is 2. The van der Waals surface area contributed by atoms with Crippen LogP contribution in [-0.4, -0.2) is 16.4 Å². The summed E-state index contributed by atoms with van der Waals surface area (Å²) in [6.07, 6.45) is -3.06. The second kappa shape index (κ2) is 5.03. The van der Waals surface area contributed by atoms with Gasteiger partial charge in [0.1, 0.15) is 0 Å². The van der Waals surface area contributed by atoms with Crippen LogP contribution in [0.25, 0.3) is 5.69 Å². The topological polar surface area (TPSA) is 53.1 Å². The van der Waals surface area contributed by atoms with Crippen LogP contribution in [-0.2, 0) is 6.18 Å². The molecule has 108 valence electrons. The van der Waals surface area contributed by atoms with Gasteiger partial charge in [-0.3, -0.25) is 0 Å². The molecule has 0 atom stereocenters. The second-order valence-corrected chi connectivity index (χ2v) is 3.95. The molecule has 2 N–H and O–H groups in total. The zero-order valence-corrected chi connectivity index (χ0v) is 10.4. The SMILES string of the molecule is CCOc1cc(-n2cc(C(F)(F)F)cn2)c(N)cc1F. The number of nitrogens with two attached hydrogens (primary N) is 1. The summed E-state index contributed by atoms with van der Waals surface area (Å²) in [5.41, 5.74) is 4.76. The van der Waals surface area contributed by atoms with Gasteiger partial charge in [0.05, 0.1) is 29.7 Å². The summed E-state index contributed by atoms with van der Waals surface area (Å²) < 4.78 is 57.0. The minimum Gasteiger partial charge on any atom is -0.491 e. The molecule has 2 aromatic rings. The van der Waals surface area contributed by atoms with Crippen molar-refractivity contribution in [3.63, 3.8) is 0 Å². The highest BCUT2D eigenvalue weighted by Gasteiger charge is 2.32. The van der Waals surface area contributed by atoms with E-state index >= 15 is 0 Å². The Hall–Kier alpha value is -2.25. The third kappa shape index (κ3) is 2.68. The third-order valence-corrected chi connectivity index (χ3v) is 2.54. The molecule has 0 aliphatic heterocycles. The van der Waals surface area contributed by atoms with E-state index in [1.807, 2.05) is 0 Å². The van der Waals surface area contributed by atoms with Crippen LogP contribution < -0.4 is 10.5 Å². The van der Waals surface area contributed by atoms with Crippen molar-refractivity contribution in [2.45, 2.75) is 13.1 Å². The lowest BCUT2D eigenvalue weighted by molar-refractivity contribution is -0.137. The standard InChI is InChI=1S/C12H11F4N3O/c1-2-20-11-4-10(9(17)3-8(11)13)19-6-7(5-18-19)12(14,15)16/h3-6H,2,17H2,1H3. The highest BCUT2D eigenvalue weighted by Crippen LogP contribution is 2.31. The van der Waals surface area contributed by atoms with Crippen LogP contribution in [0, 0.1) is 5.82 Å². The Morgan fingerprint density at radius 2 is 2.05 bits per heavy atom. The van der Waals surface area contributed by atoms with Crippen LogP contribution in [0.1, 0.15) is 12.5 Å². The normalized spacial score (nSPS) is 11.7. The summed E-state index contributed by atoms with van der Waals surface area (Å²) >= 11 is 0.